The van der Waals surface area contributed by atoms with Crippen molar-refractivity contribution < 1.29 is 4.92 Å². The molecule has 0 fully saturated rings. The van der Waals surface area contributed by atoms with Crippen molar-refractivity contribution in [3.8, 4) is 0 Å². The Bertz CT molecular complexity index is 664. The van der Waals surface area contributed by atoms with Gasteiger partial charge in [0.25, 0.3) is 5.69 Å². The van der Waals surface area contributed by atoms with E-state index in [1.807, 2.05) is 6.07 Å². The Labute approximate surface area is 140 Å². The molecule has 0 aliphatic heterocycles. The predicted octanol–water partition coefficient (Wildman–Crippen LogP) is 4.89. The van der Waals surface area contributed by atoms with Gasteiger partial charge in [-0.2, -0.15) is 0 Å². The van der Waals surface area contributed by atoms with Crippen molar-refractivity contribution >= 4 is 59.2 Å². The molecule has 0 aliphatic carbocycles. The maximum atomic E-state index is 10.8. The van der Waals surface area contributed by atoms with E-state index in [0.717, 1.165) is 19.1 Å². The van der Waals surface area contributed by atoms with Crippen LogP contribution in [-0.2, 0) is 6.54 Å². The number of pyridine rings is 1. The van der Waals surface area contributed by atoms with E-state index in [1.165, 1.54) is 12.1 Å². The van der Waals surface area contributed by atoms with E-state index < -0.39 is 4.92 Å². The van der Waals surface area contributed by atoms with E-state index in [9.17, 15) is 10.1 Å². The summed E-state index contributed by atoms with van der Waals surface area (Å²) in [5, 5.41) is 13.9. The molecule has 0 bridgehead atoms. The molecule has 1 heterocycles. The normalized spacial score (nSPS) is 10.3. The van der Waals surface area contributed by atoms with Crippen molar-refractivity contribution in [2.24, 2.45) is 0 Å². The Morgan fingerprint density at radius 3 is 2.60 bits per heavy atom. The summed E-state index contributed by atoms with van der Waals surface area (Å²) in [6, 6.07) is 6.47. The van der Waals surface area contributed by atoms with Crippen LogP contribution in [0, 0.1) is 10.1 Å². The zero-order valence-electron chi connectivity index (χ0n) is 9.94. The second-order valence-corrected chi connectivity index (χ2v) is 6.48. The van der Waals surface area contributed by atoms with Crippen LogP contribution < -0.4 is 5.32 Å². The average Bonchev–Trinajstić information content (AvgIpc) is 2.39. The summed E-state index contributed by atoms with van der Waals surface area (Å²) < 4.78 is 2.50. The number of anilines is 1. The highest BCUT2D eigenvalue weighted by Gasteiger charge is 2.10. The van der Waals surface area contributed by atoms with Crippen LogP contribution in [0.5, 0.6) is 0 Å². The number of nitro groups is 1. The van der Waals surface area contributed by atoms with Gasteiger partial charge < -0.3 is 5.32 Å². The van der Waals surface area contributed by atoms with Gasteiger partial charge in [0.1, 0.15) is 0 Å². The number of non-ortho nitro benzene ring substituents is 1. The van der Waals surface area contributed by atoms with Crippen LogP contribution in [0.4, 0.5) is 11.4 Å². The molecule has 104 valence electrons. The third-order valence-corrected chi connectivity index (χ3v) is 4.30. The van der Waals surface area contributed by atoms with Gasteiger partial charge in [0.2, 0.25) is 0 Å². The van der Waals surface area contributed by atoms with Crippen molar-refractivity contribution in [3.05, 3.63) is 59.7 Å². The summed E-state index contributed by atoms with van der Waals surface area (Å²) >= 11 is 10.1. The van der Waals surface area contributed by atoms with Crippen molar-refractivity contribution in [2.45, 2.75) is 6.54 Å². The number of aromatic nitrogens is 1. The minimum absolute atomic E-state index is 0.0403. The number of nitrogens with zero attached hydrogens (tertiary/aromatic N) is 2. The van der Waals surface area contributed by atoms with Gasteiger partial charge in [0.05, 0.1) is 22.8 Å². The lowest BCUT2D eigenvalue weighted by atomic mass is 10.2. The van der Waals surface area contributed by atoms with E-state index in [2.05, 4.69) is 58.1 Å². The molecule has 1 aromatic carbocycles. The molecule has 1 aromatic heterocycles. The Balaban J connectivity index is 2.18. The zero-order valence-corrected chi connectivity index (χ0v) is 14.7. The molecule has 0 saturated carbocycles. The van der Waals surface area contributed by atoms with Gasteiger partial charge in [-0.25, -0.2) is 0 Å². The molecule has 0 atom stereocenters. The fraction of sp³-hybridized carbons (Fsp3) is 0.0833. The first-order valence-electron chi connectivity index (χ1n) is 5.45. The number of nitro benzene ring substituents is 1. The van der Waals surface area contributed by atoms with Gasteiger partial charge in [-0.15, -0.1) is 0 Å². The van der Waals surface area contributed by atoms with Crippen molar-refractivity contribution in [1.82, 2.24) is 4.98 Å². The van der Waals surface area contributed by atoms with Gasteiger partial charge >= 0.3 is 0 Å². The van der Waals surface area contributed by atoms with E-state index >= 15 is 0 Å². The average molecular weight is 466 g/mol. The van der Waals surface area contributed by atoms with Crippen LogP contribution in [0.25, 0.3) is 0 Å². The number of hydrogen-bond donors (Lipinski definition) is 1. The highest BCUT2D eigenvalue weighted by Crippen LogP contribution is 2.28. The maximum absolute atomic E-state index is 10.8. The Morgan fingerprint density at radius 2 is 1.95 bits per heavy atom. The van der Waals surface area contributed by atoms with Gasteiger partial charge in [-0.1, -0.05) is 0 Å². The lowest BCUT2D eigenvalue weighted by Crippen LogP contribution is -2.03. The minimum Gasteiger partial charge on any atom is -0.378 e. The molecule has 0 aliphatic rings. The molecular formula is C12H8Br3N3O2. The van der Waals surface area contributed by atoms with Crippen LogP contribution >= 0.6 is 47.8 Å². The molecule has 0 spiro atoms. The summed E-state index contributed by atoms with van der Waals surface area (Å²) in [6.07, 6.45) is 1.70. The molecule has 0 unspecified atom stereocenters. The highest BCUT2D eigenvalue weighted by atomic mass is 79.9. The Kier molecular flexibility index (Phi) is 5.11. The molecule has 8 heteroatoms. The van der Waals surface area contributed by atoms with Gasteiger partial charge in [0, 0.05) is 31.7 Å². The number of halogens is 3. The summed E-state index contributed by atoms with van der Waals surface area (Å²) in [4.78, 5) is 14.6. The largest absolute Gasteiger partial charge is 0.378 e. The van der Waals surface area contributed by atoms with Crippen molar-refractivity contribution in [1.29, 1.82) is 0 Å². The Morgan fingerprint density at radius 1 is 1.20 bits per heavy atom. The first kappa shape index (κ1) is 15.4. The van der Waals surface area contributed by atoms with Crippen LogP contribution in [0.15, 0.2) is 43.9 Å². The van der Waals surface area contributed by atoms with Crippen LogP contribution in [0.2, 0.25) is 0 Å². The first-order chi connectivity index (χ1) is 9.47. The molecule has 0 radical (unpaired) electrons. The van der Waals surface area contributed by atoms with Crippen LogP contribution in [0.3, 0.4) is 0 Å². The molecule has 1 N–H and O–H groups in total. The number of nitrogens with one attached hydrogen (secondary N) is 1. The van der Waals surface area contributed by atoms with E-state index in [0.29, 0.717) is 12.2 Å². The molecule has 0 amide bonds. The number of benzene rings is 1. The Hall–Kier alpha value is -0.990. The first-order valence-corrected chi connectivity index (χ1v) is 7.83. The SMILES string of the molecule is O=[N+]([O-])c1ccc(Br)c(NCc2ncc(Br)cc2Br)c1. The standard InChI is InChI=1S/C12H8Br3N3O2/c13-7-3-10(15)12(16-5-7)6-17-11-4-8(18(19)20)1-2-9(11)14/h1-5,17H,6H2. The molecular weight excluding hydrogens is 458 g/mol. The topological polar surface area (TPSA) is 68.1 Å². The number of hydrogen-bond acceptors (Lipinski definition) is 4. The summed E-state index contributed by atoms with van der Waals surface area (Å²) in [6.45, 7) is 0.452. The summed E-state index contributed by atoms with van der Waals surface area (Å²) in [5.41, 5.74) is 1.50. The number of rotatable bonds is 4. The predicted molar refractivity (Wildman–Crippen MR) is 87.8 cm³/mol. The molecule has 2 rings (SSSR count). The monoisotopic (exact) mass is 463 g/mol. The van der Waals surface area contributed by atoms with Gasteiger partial charge in [-0.3, -0.25) is 15.1 Å². The minimum atomic E-state index is -0.425. The smallest absolute Gasteiger partial charge is 0.271 e. The van der Waals surface area contributed by atoms with E-state index in [1.54, 1.807) is 12.3 Å². The molecule has 5 nitrogen and oxygen atoms in total. The van der Waals surface area contributed by atoms with Gasteiger partial charge in [-0.05, 0) is 59.9 Å². The molecule has 2 aromatic rings. The van der Waals surface area contributed by atoms with Crippen LogP contribution in [0.1, 0.15) is 5.69 Å². The summed E-state index contributed by atoms with van der Waals surface area (Å²) in [5.74, 6) is 0. The fourth-order valence-corrected chi connectivity index (χ4v) is 3.03. The lowest BCUT2D eigenvalue weighted by Gasteiger charge is -2.09. The third kappa shape index (κ3) is 3.77. The second kappa shape index (κ2) is 6.64. The maximum Gasteiger partial charge on any atom is 0.271 e. The quantitative estimate of drug-likeness (QED) is 0.515. The van der Waals surface area contributed by atoms with Crippen LogP contribution in [-0.4, -0.2) is 9.91 Å². The molecule has 0 saturated heterocycles. The van der Waals surface area contributed by atoms with Gasteiger partial charge in [0.15, 0.2) is 0 Å². The lowest BCUT2D eigenvalue weighted by molar-refractivity contribution is -0.384. The zero-order chi connectivity index (χ0) is 14.7. The third-order valence-electron chi connectivity index (χ3n) is 2.49. The highest BCUT2D eigenvalue weighted by molar-refractivity contribution is 9.11. The molecule has 20 heavy (non-hydrogen) atoms. The van der Waals surface area contributed by atoms with Crippen molar-refractivity contribution in [2.75, 3.05) is 5.32 Å². The van der Waals surface area contributed by atoms with E-state index in [4.69, 9.17) is 0 Å². The van der Waals surface area contributed by atoms with E-state index in [-0.39, 0.29) is 5.69 Å². The second-order valence-electron chi connectivity index (χ2n) is 3.86. The fourth-order valence-electron chi connectivity index (χ4n) is 1.51. The summed E-state index contributed by atoms with van der Waals surface area (Å²) in [7, 11) is 0. The van der Waals surface area contributed by atoms with Crippen molar-refractivity contribution in [3.63, 3.8) is 0 Å².